The molecule has 0 aliphatic heterocycles. The van der Waals surface area contributed by atoms with Gasteiger partial charge in [-0.15, -0.1) is 0 Å². The molecule has 0 aliphatic rings. The Kier molecular flexibility index (Phi) is 23.1. The van der Waals surface area contributed by atoms with Crippen LogP contribution in [0.3, 0.4) is 0 Å². The number of halogens is 2. The van der Waals surface area contributed by atoms with E-state index < -0.39 is 23.8 Å². The van der Waals surface area contributed by atoms with Crippen molar-refractivity contribution in [2.24, 2.45) is 0 Å². The average Bonchev–Trinajstić information content (AvgIpc) is 3.37. The minimum Gasteiger partial charge on any atom is -0.256 e. The van der Waals surface area contributed by atoms with Crippen LogP contribution in [0.25, 0.3) is 0 Å². The Bertz CT molecular complexity index is 1890. The molecule has 61 heavy (non-hydrogen) atoms. The molecule has 0 saturated carbocycles. The van der Waals surface area contributed by atoms with Gasteiger partial charge in [-0.25, -0.2) is 0 Å². The Morgan fingerprint density at radius 2 is 0.393 bits per heavy atom. The predicted octanol–water partition coefficient (Wildman–Crippen LogP) is 10.2. The Morgan fingerprint density at radius 3 is 0.541 bits per heavy atom. The third-order valence-corrected chi connectivity index (χ3v) is 15.8. The van der Waals surface area contributed by atoms with Crippen molar-refractivity contribution in [1.82, 2.24) is 15.0 Å². The van der Waals surface area contributed by atoms with Gasteiger partial charge in [-0.05, 0) is 68.2 Å². The van der Waals surface area contributed by atoms with E-state index in [4.69, 9.17) is 0 Å². The van der Waals surface area contributed by atoms with Gasteiger partial charge in [0, 0.05) is 42.4 Å². The maximum absolute atomic E-state index is 4.56. The number of nitrogens with zero attached hydrogens (tertiary/aromatic N) is 3. The maximum Gasteiger partial charge on any atom is 0.0720 e. The molecule has 0 spiro atoms. The van der Waals surface area contributed by atoms with Crippen LogP contribution in [0.4, 0.5) is 0 Å². The van der Waals surface area contributed by atoms with Crippen LogP contribution in [0.5, 0.6) is 0 Å². The largest absolute Gasteiger partial charge is 0.256 e. The monoisotopic (exact) mass is 1160 g/mol. The molecule has 0 amide bonds. The summed E-state index contributed by atoms with van der Waals surface area (Å²) in [5.74, 6) is 0. The van der Waals surface area contributed by atoms with E-state index in [0.29, 0.717) is 0 Å². The van der Waals surface area contributed by atoms with E-state index in [1.165, 1.54) is 31.8 Å². The molecule has 0 bridgehead atoms. The number of benzene rings is 6. The van der Waals surface area contributed by atoms with Crippen LogP contribution in [0.2, 0.25) is 0 Å². The minimum atomic E-state index is -0.557. The molecule has 312 valence electrons. The molecule has 0 atom stereocenters. The van der Waals surface area contributed by atoms with Crippen molar-refractivity contribution in [2.75, 3.05) is 0 Å². The van der Waals surface area contributed by atoms with Crippen molar-refractivity contribution >= 4 is 97.9 Å². The zero-order valence-electron chi connectivity index (χ0n) is 32.8. The Morgan fingerprint density at radius 1 is 0.230 bits per heavy atom. The van der Waals surface area contributed by atoms with E-state index in [2.05, 4.69) is 297 Å². The van der Waals surface area contributed by atoms with Crippen molar-refractivity contribution < 1.29 is 37.9 Å². The van der Waals surface area contributed by atoms with Gasteiger partial charge in [-0.3, -0.25) is 15.0 Å². The molecule has 10 heteroatoms. The van der Waals surface area contributed by atoms with Crippen LogP contribution in [-0.4, -0.2) is 15.0 Å². The van der Waals surface area contributed by atoms with Gasteiger partial charge in [0.05, 0.1) is 16.3 Å². The van der Waals surface area contributed by atoms with Crippen molar-refractivity contribution in [1.29, 1.82) is 0 Å². The van der Waals surface area contributed by atoms with Crippen molar-refractivity contribution in [3.63, 3.8) is 0 Å². The summed E-state index contributed by atoms with van der Waals surface area (Å²) in [5.41, 5.74) is 3.44. The van der Waals surface area contributed by atoms with E-state index in [-0.39, 0.29) is 0 Å². The third kappa shape index (κ3) is 15.4. The molecule has 0 radical (unpaired) electrons. The van der Waals surface area contributed by atoms with E-state index in [1.807, 2.05) is 36.8 Å². The number of hydrogen-bond donors (Lipinski definition) is 0. The van der Waals surface area contributed by atoms with Gasteiger partial charge in [0.2, 0.25) is 0 Å². The molecular weight excluding hydrogens is 1120 g/mol. The summed E-state index contributed by atoms with van der Waals surface area (Å²) in [4.78, 5) is 13.7. The normalized spacial score (nSPS) is 10.1. The summed E-state index contributed by atoms with van der Waals surface area (Å²) in [6.45, 7) is 0. The molecule has 3 aromatic heterocycles. The summed E-state index contributed by atoms with van der Waals surface area (Å²) < 4.78 is 0. The number of hydrogen-bond acceptors (Lipinski definition) is 3. The van der Waals surface area contributed by atoms with Crippen LogP contribution in [0.15, 0.2) is 255 Å². The quantitative estimate of drug-likeness (QED) is 0.107. The molecule has 0 aliphatic carbocycles. The molecular formula is C51H42Ag2Br2N3P3. The molecule has 9 aromatic rings. The second kappa shape index (κ2) is 29.0. The van der Waals surface area contributed by atoms with Crippen molar-refractivity contribution in [3.8, 4) is 0 Å². The summed E-state index contributed by atoms with van der Waals surface area (Å²) in [7, 11) is -1.67. The molecule has 9 rings (SSSR count). The van der Waals surface area contributed by atoms with Gasteiger partial charge in [0.15, 0.2) is 0 Å². The fourth-order valence-electron chi connectivity index (χ4n) is 6.16. The fraction of sp³-hybridized carbons (Fsp3) is 0. The summed E-state index contributed by atoms with van der Waals surface area (Å²) in [5, 5.41) is 8.01. The van der Waals surface area contributed by atoms with Gasteiger partial charge in [0.25, 0.3) is 0 Å². The van der Waals surface area contributed by atoms with Crippen LogP contribution in [-0.2, 0) is 37.9 Å². The van der Waals surface area contributed by atoms with Gasteiger partial charge >= 0.3 is 63.9 Å². The third-order valence-electron chi connectivity index (χ3n) is 8.72. The minimum absolute atomic E-state index is 0.557. The summed E-state index contributed by atoms with van der Waals surface area (Å²) >= 11 is 11.0. The number of aromatic nitrogens is 3. The van der Waals surface area contributed by atoms with Crippen molar-refractivity contribution in [2.45, 2.75) is 0 Å². The molecule has 3 nitrogen and oxygen atoms in total. The first-order valence-corrected chi connectivity index (χ1v) is 29.8. The maximum atomic E-state index is 4.56. The van der Waals surface area contributed by atoms with E-state index in [1.54, 1.807) is 0 Å². The van der Waals surface area contributed by atoms with Gasteiger partial charge in [-0.2, -0.15) is 0 Å². The van der Waals surface area contributed by atoms with Crippen LogP contribution < -0.4 is 48.1 Å². The topological polar surface area (TPSA) is 38.7 Å². The Labute approximate surface area is 402 Å². The Balaban J connectivity index is 0.000000166. The van der Waals surface area contributed by atoms with E-state index >= 15 is 0 Å². The Hall–Kier alpha value is -3.50. The van der Waals surface area contributed by atoms with Gasteiger partial charge < -0.3 is 0 Å². The van der Waals surface area contributed by atoms with E-state index in [9.17, 15) is 0 Å². The van der Waals surface area contributed by atoms with Crippen LogP contribution in [0, 0.1) is 0 Å². The molecule has 6 aromatic carbocycles. The molecule has 0 fully saturated rings. The smallest absolute Gasteiger partial charge is 0.0720 e. The first-order chi connectivity index (χ1) is 30.3. The van der Waals surface area contributed by atoms with Crippen molar-refractivity contribution in [3.05, 3.63) is 255 Å². The standard InChI is InChI=1S/3C17H14NP.2Ag.2BrH/c3*1-3-9-15(10-4-1)19(16-11-5-2-6-12-16)17-13-7-8-14-18-17;;;;/h3*1-14H;;;2*1H/q;;;2*+1;;/p-2. The average molecular weight is 1170 g/mol. The molecule has 0 N–H and O–H groups in total. The first-order valence-electron chi connectivity index (χ1n) is 19.0. The molecule has 3 heterocycles. The zero-order chi connectivity index (χ0) is 42.7. The fourth-order valence-corrected chi connectivity index (χ4v) is 12.7. The predicted molar refractivity (Wildman–Crippen MR) is 267 cm³/mol. The second-order valence-electron chi connectivity index (χ2n) is 12.6. The number of rotatable bonds is 9. The van der Waals surface area contributed by atoms with Gasteiger partial charge in [-0.1, -0.05) is 200 Å². The SMILES string of the molecule is [Br][Ag].[Br][Ag].c1ccc(P(c2ccccc2)c2ccccn2)cc1.c1ccc(P(c2ccccc2)c2ccccn2)cc1.c1ccc(P(c2ccccc2)c2ccccn2)cc1. The summed E-state index contributed by atoms with van der Waals surface area (Å²) in [6, 6.07) is 82.1. The molecule has 0 unspecified atom stereocenters. The first kappa shape index (κ1) is 48.5. The zero-order valence-corrected chi connectivity index (χ0v) is 41.6. The number of pyridine rings is 3. The van der Waals surface area contributed by atoms with Gasteiger partial charge in [0.1, 0.15) is 0 Å². The van der Waals surface area contributed by atoms with Crippen LogP contribution in [0.1, 0.15) is 0 Å². The summed E-state index contributed by atoms with van der Waals surface area (Å²) in [6.07, 6.45) is 5.61. The van der Waals surface area contributed by atoms with Crippen LogP contribution >= 0.6 is 49.8 Å². The molecule has 0 saturated heterocycles. The second-order valence-corrected chi connectivity index (χ2v) is 19.1. The van der Waals surface area contributed by atoms with E-state index in [0.717, 1.165) is 16.3 Å².